The maximum Gasteiger partial charge on any atom is 0.472 e. The van der Waals surface area contributed by atoms with E-state index in [1.807, 2.05) is 12.2 Å². The van der Waals surface area contributed by atoms with Crippen LogP contribution >= 0.6 is 7.82 Å². The maximum atomic E-state index is 12.8. The van der Waals surface area contributed by atoms with Crippen LogP contribution in [0.5, 0.6) is 0 Å². The Kier molecular flexibility index (Phi) is 29.5. The van der Waals surface area contributed by atoms with Crippen molar-refractivity contribution in [3.63, 3.8) is 0 Å². The fraction of sp³-hybridized carbons (Fsp3) is 0.822. The van der Waals surface area contributed by atoms with Gasteiger partial charge in [-0.25, -0.2) is 4.57 Å². The topological polar surface area (TPSA) is 222 Å². The molecule has 5 unspecified atom stereocenters. The molecule has 1 saturated carbocycles. The third-order valence-electron chi connectivity index (χ3n) is 10.9. The largest absolute Gasteiger partial charge is 0.472 e. The Morgan fingerprint density at radius 2 is 1.05 bits per heavy atom. The molecule has 2 rings (SSSR count). The molecule has 0 amide bonds. The summed E-state index contributed by atoms with van der Waals surface area (Å²) in [6, 6.07) is 0. The van der Waals surface area contributed by atoms with Crippen molar-refractivity contribution >= 4 is 19.8 Å². The first kappa shape index (κ1) is 54.2. The number of unbranched alkanes of at least 4 members (excludes halogenated alkanes) is 16. The normalized spacial score (nSPS) is 25.9. The highest BCUT2D eigenvalue weighted by atomic mass is 31.2. The van der Waals surface area contributed by atoms with Gasteiger partial charge in [-0.1, -0.05) is 140 Å². The number of allylic oxidation sites excluding steroid dienone is 4. The number of phosphoric acid groups is 1. The Morgan fingerprint density at radius 1 is 0.583 bits per heavy atom. The first-order valence-corrected chi connectivity index (χ1v) is 24.4. The van der Waals surface area contributed by atoms with Gasteiger partial charge in [0.1, 0.15) is 43.2 Å². The number of phosphoric ester groups is 1. The van der Waals surface area contributed by atoms with Gasteiger partial charge in [-0.2, -0.15) is 0 Å². The van der Waals surface area contributed by atoms with Crippen molar-refractivity contribution in [2.75, 3.05) is 13.2 Å². The van der Waals surface area contributed by atoms with E-state index >= 15 is 0 Å². The van der Waals surface area contributed by atoms with E-state index in [1.165, 1.54) is 77.0 Å². The molecule has 1 aliphatic heterocycles. The number of hydrogen-bond donors (Lipinski definition) is 6. The third kappa shape index (κ3) is 24.6. The first-order valence-electron chi connectivity index (χ1n) is 22.9. The highest BCUT2D eigenvalue weighted by Gasteiger charge is 2.51. The number of carbonyl (C=O) groups is 2. The molecule has 60 heavy (non-hydrogen) atoms. The fourth-order valence-corrected chi connectivity index (χ4v) is 8.00. The van der Waals surface area contributed by atoms with Crippen LogP contribution in [0.15, 0.2) is 36.5 Å². The van der Waals surface area contributed by atoms with Crippen LogP contribution in [0.3, 0.4) is 0 Å². The zero-order valence-corrected chi connectivity index (χ0v) is 37.3. The lowest BCUT2D eigenvalue weighted by molar-refractivity contribution is -0.220. The summed E-state index contributed by atoms with van der Waals surface area (Å²) in [6.07, 6.45) is 23.8. The molecule has 2 aliphatic rings. The minimum Gasteiger partial charge on any atom is -0.462 e. The molecule has 15 heteroatoms. The molecular formula is C45H79O14P. The Balaban J connectivity index is 1.74. The summed E-state index contributed by atoms with van der Waals surface area (Å²) in [5, 5.41) is 50.1. The molecule has 0 radical (unpaired) electrons. The zero-order chi connectivity index (χ0) is 44.0. The second-order valence-electron chi connectivity index (χ2n) is 16.3. The van der Waals surface area contributed by atoms with Crippen molar-refractivity contribution in [3.05, 3.63) is 36.5 Å². The van der Waals surface area contributed by atoms with Crippen molar-refractivity contribution in [1.29, 1.82) is 0 Å². The van der Waals surface area contributed by atoms with Crippen LogP contribution < -0.4 is 0 Å². The van der Waals surface area contributed by atoms with Crippen molar-refractivity contribution in [1.82, 2.24) is 0 Å². The Labute approximate surface area is 359 Å². The van der Waals surface area contributed by atoms with Gasteiger partial charge in [0.25, 0.3) is 0 Å². The highest BCUT2D eigenvalue weighted by molar-refractivity contribution is 7.47. The van der Waals surface area contributed by atoms with Crippen LogP contribution in [0.4, 0.5) is 0 Å². The molecule has 2 fully saturated rings. The summed E-state index contributed by atoms with van der Waals surface area (Å²) in [6.45, 7) is 3.21. The molecule has 0 bridgehead atoms. The van der Waals surface area contributed by atoms with Gasteiger partial charge < -0.3 is 44.6 Å². The van der Waals surface area contributed by atoms with E-state index in [1.54, 1.807) is 0 Å². The second kappa shape index (κ2) is 32.7. The van der Waals surface area contributed by atoms with Gasteiger partial charge in [0.05, 0.1) is 18.8 Å². The van der Waals surface area contributed by atoms with Gasteiger partial charge >= 0.3 is 19.8 Å². The molecule has 0 aromatic rings. The highest BCUT2D eigenvalue weighted by Crippen LogP contribution is 2.47. The second-order valence-corrected chi connectivity index (χ2v) is 17.7. The summed E-state index contributed by atoms with van der Waals surface area (Å²) in [5.41, 5.74) is 0. The van der Waals surface area contributed by atoms with Crippen LogP contribution in [-0.2, 0) is 37.4 Å². The summed E-state index contributed by atoms with van der Waals surface area (Å²) in [5.74, 6) is -1.17. The SMILES string of the molecule is CCCCC/C=C\CC1OC1C/C=C\C/C=C\CCCC(=O)O[C@H](COC(=O)CCCCCCCCCCCCCCC)COP(=O)(O)OC1[C@H](O)[C@H](O)C(O)[C@H](O)[C@H]1O. The van der Waals surface area contributed by atoms with Crippen molar-refractivity contribution in [2.24, 2.45) is 0 Å². The van der Waals surface area contributed by atoms with Crippen molar-refractivity contribution in [2.45, 2.75) is 223 Å². The van der Waals surface area contributed by atoms with E-state index in [-0.39, 0.29) is 18.9 Å². The minimum absolute atomic E-state index is 0.0168. The van der Waals surface area contributed by atoms with Crippen LogP contribution in [0.1, 0.15) is 168 Å². The van der Waals surface area contributed by atoms with E-state index < -0.39 is 75.7 Å². The molecule has 10 atom stereocenters. The molecule has 348 valence electrons. The molecule has 14 nitrogen and oxygen atoms in total. The summed E-state index contributed by atoms with van der Waals surface area (Å²) < 4.78 is 39.2. The fourth-order valence-electron chi connectivity index (χ4n) is 7.03. The van der Waals surface area contributed by atoms with Gasteiger partial charge in [0.15, 0.2) is 6.10 Å². The van der Waals surface area contributed by atoms with Gasteiger partial charge in [-0.15, -0.1) is 0 Å². The average molecular weight is 875 g/mol. The predicted molar refractivity (Wildman–Crippen MR) is 230 cm³/mol. The predicted octanol–water partition coefficient (Wildman–Crippen LogP) is 7.60. The summed E-state index contributed by atoms with van der Waals surface area (Å²) in [7, 11) is -5.13. The first-order chi connectivity index (χ1) is 28.9. The number of hydrogen-bond acceptors (Lipinski definition) is 13. The summed E-state index contributed by atoms with van der Waals surface area (Å²) in [4.78, 5) is 35.7. The van der Waals surface area contributed by atoms with Crippen molar-refractivity contribution in [3.8, 4) is 0 Å². The molecule has 0 spiro atoms. The number of rotatable bonds is 36. The Morgan fingerprint density at radius 3 is 1.65 bits per heavy atom. The average Bonchev–Trinajstić information content (AvgIpc) is 3.99. The third-order valence-corrected chi connectivity index (χ3v) is 11.9. The quantitative estimate of drug-likeness (QED) is 0.0117. The standard InChI is InChI=1S/C45H79O14P/c1-3-5-7-9-11-12-13-14-15-16-19-23-27-31-38(46)55-33-35(34-56-60(53,54)59-45-43(51)41(49)40(48)42(50)44(45)52)57-39(47)32-28-24-20-17-18-22-26-30-37-36(58-37)29-25-21-10-8-6-4-2/h17,20-22,25-26,35-37,40-45,48-52H,3-16,18-19,23-24,27-34H2,1-2H3,(H,53,54)/b20-17-,25-21-,26-22-/t35-,36?,37?,40?,41-,42+,43-,44-,45?/m1/s1. The molecule has 1 aliphatic carbocycles. The zero-order valence-electron chi connectivity index (χ0n) is 36.4. The molecule has 0 aromatic carbocycles. The number of ether oxygens (including phenoxy) is 3. The lowest BCUT2D eigenvalue weighted by Crippen LogP contribution is -2.64. The molecule has 0 aromatic heterocycles. The molecule has 1 saturated heterocycles. The van der Waals surface area contributed by atoms with Crippen LogP contribution in [0.2, 0.25) is 0 Å². The Hall–Kier alpha value is -1.97. The molecule has 1 heterocycles. The van der Waals surface area contributed by atoms with Gasteiger partial charge in [0, 0.05) is 12.8 Å². The van der Waals surface area contributed by atoms with Crippen LogP contribution in [-0.4, -0.2) is 111 Å². The van der Waals surface area contributed by atoms with Gasteiger partial charge in [-0.3, -0.25) is 18.6 Å². The lowest BCUT2D eigenvalue weighted by Gasteiger charge is -2.41. The number of aliphatic hydroxyl groups excluding tert-OH is 5. The van der Waals surface area contributed by atoms with Gasteiger partial charge in [-0.05, 0) is 51.4 Å². The number of aliphatic hydroxyl groups is 5. The van der Waals surface area contributed by atoms with E-state index in [2.05, 4.69) is 38.2 Å². The van der Waals surface area contributed by atoms with E-state index in [0.29, 0.717) is 25.4 Å². The van der Waals surface area contributed by atoms with E-state index in [4.69, 9.17) is 23.3 Å². The Bertz CT molecular complexity index is 1260. The molecule has 6 N–H and O–H groups in total. The van der Waals surface area contributed by atoms with E-state index in [0.717, 1.165) is 44.9 Å². The van der Waals surface area contributed by atoms with E-state index in [9.17, 15) is 44.6 Å². The minimum atomic E-state index is -5.13. The van der Waals surface area contributed by atoms with Gasteiger partial charge in [0.2, 0.25) is 0 Å². The number of carbonyl (C=O) groups excluding carboxylic acids is 2. The summed E-state index contributed by atoms with van der Waals surface area (Å²) >= 11 is 0. The monoisotopic (exact) mass is 875 g/mol. The van der Waals surface area contributed by atoms with Crippen LogP contribution in [0.25, 0.3) is 0 Å². The lowest BCUT2D eigenvalue weighted by atomic mass is 9.85. The molecular weight excluding hydrogens is 795 g/mol. The number of epoxide rings is 1. The smallest absolute Gasteiger partial charge is 0.462 e. The van der Waals surface area contributed by atoms with Crippen LogP contribution in [0, 0.1) is 0 Å². The number of esters is 2. The maximum absolute atomic E-state index is 12.8. The van der Waals surface area contributed by atoms with Crippen molar-refractivity contribution < 1.29 is 67.8 Å².